The molecular formula is C15H21N3O2. The molecule has 0 radical (unpaired) electrons. The summed E-state index contributed by atoms with van der Waals surface area (Å²) in [6, 6.07) is 4.12. The first-order valence-corrected chi connectivity index (χ1v) is 6.52. The third-order valence-electron chi connectivity index (χ3n) is 3.61. The Labute approximate surface area is 120 Å². The van der Waals surface area contributed by atoms with E-state index in [4.69, 9.17) is 4.74 Å². The summed E-state index contributed by atoms with van der Waals surface area (Å²) in [5.41, 5.74) is -1.41. The zero-order valence-electron chi connectivity index (χ0n) is 12.9. The molecule has 1 fully saturated rings. The van der Waals surface area contributed by atoms with Crippen LogP contribution in [0.2, 0.25) is 0 Å². The Balaban J connectivity index is 3.17. The number of ether oxygens (including phenoxy) is 1. The maximum atomic E-state index is 12.1. The van der Waals surface area contributed by atoms with E-state index in [-0.39, 0.29) is 11.0 Å². The molecule has 0 aliphatic carbocycles. The van der Waals surface area contributed by atoms with Crippen LogP contribution < -0.4 is 5.32 Å². The van der Waals surface area contributed by atoms with E-state index >= 15 is 0 Å². The van der Waals surface area contributed by atoms with Gasteiger partial charge >= 0.3 is 5.97 Å². The summed E-state index contributed by atoms with van der Waals surface area (Å²) in [5, 5.41) is 21.6. The second kappa shape index (κ2) is 4.83. The highest BCUT2D eigenvalue weighted by Crippen LogP contribution is 2.43. The SMILES string of the molecule is CC(C)(C)OC(=O)/C(C#N)=C1\CC(C)(C)C(C)(C#N)N1. The molecule has 0 aromatic carbocycles. The third kappa shape index (κ3) is 2.93. The first kappa shape index (κ1) is 16.0. The number of rotatable bonds is 1. The van der Waals surface area contributed by atoms with Gasteiger partial charge in [0.25, 0.3) is 0 Å². The van der Waals surface area contributed by atoms with Crippen LogP contribution in [0.5, 0.6) is 0 Å². The van der Waals surface area contributed by atoms with Crippen LogP contribution in [-0.4, -0.2) is 17.1 Å². The maximum Gasteiger partial charge on any atom is 0.351 e. The van der Waals surface area contributed by atoms with Crippen LogP contribution in [0.25, 0.3) is 0 Å². The van der Waals surface area contributed by atoms with Crippen molar-refractivity contribution in [1.29, 1.82) is 10.5 Å². The van der Waals surface area contributed by atoms with Gasteiger partial charge in [0.1, 0.15) is 17.2 Å². The number of nitriles is 2. The Kier molecular flexibility index (Phi) is 3.87. The van der Waals surface area contributed by atoms with Crippen molar-refractivity contribution in [1.82, 2.24) is 5.32 Å². The molecule has 1 heterocycles. The van der Waals surface area contributed by atoms with Crippen LogP contribution in [0.4, 0.5) is 0 Å². The van der Waals surface area contributed by atoms with E-state index in [1.165, 1.54) is 0 Å². The first-order valence-electron chi connectivity index (χ1n) is 6.52. The summed E-state index contributed by atoms with van der Waals surface area (Å²) in [6.07, 6.45) is 0.458. The second-order valence-electron chi connectivity index (χ2n) is 6.89. The van der Waals surface area contributed by atoms with Gasteiger partial charge in [0.15, 0.2) is 5.57 Å². The van der Waals surface area contributed by atoms with Crippen molar-refractivity contribution >= 4 is 5.97 Å². The van der Waals surface area contributed by atoms with Crippen LogP contribution in [-0.2, 0) is 9.53 Å². The number of allylic oxidation sites excluding steroid dienone is 1. The van der Waals surface area contributed by atoms with Crippen molar-refractivity contribution in [2.45, 2.75) is 59.1 Å². The van der Waals surface area contributed by atoms with E-state index in [2.05, 4.69) is 11.4 Å². The van der Waals surface area contributed by atoms with Gasteiger partial charge in [-0.25, -0.2) is 4.79 Å². The van der Waals surface area contributed by atoms with Crippen molar-refractivity contribution in [3.8, 4) is 12.1 Å². The maximum absolute atomic E-state index is 12.1. The quantitative estimate of drug-likeness (QED) is 0.451. The highest BCUT2D eigenvalue weighted by molar-refractivity contribution is 5.94. The summed E-state index contributed by atoms with van der Waals surface area (Å²) in [5.74, 6) is -0.652. The summed E-state index contributed by atoms with van der Waals surface area (Å²) in [4.78, 5) is 12.1. The van der Waals surface area contributed by atoms with Gasteiger partial charge in [-0.2, -0.15) is 10.5 Å². The average Bonchev–Trinajstić information content (AvgIpc) is 2.48. The molecule has 1 saturated heterocycles. The molecule has 1 N–H and O–H groups in total. The number of carbonyl (C=O) groups is 1. The highest BCUT2D eigenvalue weighted by atomic mass is 16.6. The zero-order chi connectivity index (χ0) is 15.8. The van der Waals surface area contributed by atoms with Crippen molar-refractivity contribution in [3.05, 3.63) is 11.3 Å². The monoisotopic (exact) mass is 275 g/mol. The van der Waals surface area contributed by atoms with Crippen LogP contribution in [0.1, 0.15) is 48.0 Å². The van der Waals surface area contributed by atoms with E-state index in [1.54, 1.807) is 27.7 Å². The molecule has 0 amide bonds. The Bertz CT molecular complexity index is 541. The molecule has 5 nitrogen and oxygen atoms in total. The molecule has 1 unspecified atom stereocenters. The van der Waals surface area contributed by atoms with Crippen molar-refractivity contribution < 1.29 is 9.53 Å². The lowest BCUT2D eigenvalue weighted by molar-refractivity contribution is -0.149. The number of hydrogen-bond acceptors (Lipinski definition) is 5. The van der Waals surface area contributed by atoms with Crippen LogP contribution in [0.3, 0.4) is 0 Å². The normalized spacial score (nSPS) is 27.0. The first-order chi connectivity index (χ1) is 8.96. The fraction of sp³-hybridized carbons (Fsp3) is 0.667. The van der Waals surface area contributed by atoms with Crippen molar-refractivity contribution in [2.24, 2.45) is 5.41 Å². The van der Waals surface area contributed by atoms with Gasteiger partial charge in [0, 0.05) is 11.1 Å². The summed E-state index contributed by atoms with van der Waals surface area (Å²) in [6.45, 7) is 10.9. The molecule has 0 aromatic rings. The van der Waals surface area contributed by atoms with Crippen molar-refractivity contribution in [2.75, 3.05) is 0 Å². The second-order valence-corrected chi connectivity index (χ2v) is 6.89. The predicted molar refractivity (Wildman–Crippen MR) is 74.0 cm³/mol. The number of nitrogens with zero attached hydrogens (tertiary/aromatic N) is 2. The Morgan fingerprint density at radius 1 is 1.30 bits per heavy atom. The number of hydrogen-bond donors (Lipinski definition) is 1. The lowest BCUT2D eigenvalue weighted by Gasteiger charge is -2.30. The topological polar surface area (TPSA) is 85.9 Å². The molecule has 1 rings (SSSR count). The van der Waals surface area contributed by atoms with Gasteiger partial charge in [0.2, 0.25) is 0 Å². The van der Waals surface area contributed by atoms with Gasteiger partial charge < -0.3 is 10.1 Å². The van der Waals surface area contributed by atoms with Crippen molar-refractivity contribution in [3.63, 3.8) is 0 Å². The number of carbonyl (C=O) groups excluding carboxylic acids is 1. The standard InChI is InChI=1S/C15H21N3O2/c1-13(2,3)20-12(19)10(8-16)11-7-14(4,5)15(6,9-17)18-11/h18H,7H2,1-6H3/b11-10+. The summed E-state index contributed by atoms with van der Waals surface area (Å²) < 4.78 is 5.23. The van der Waals surface area contributed by atoms with Crippen LogP contribution in [0, 0.1) is 28.1 Å². The fourth-order valence-corrected chi connectivity index (χ4v) is 2.03. The van der Waals surface area contributed by atoms with E-state index in [9.17, 15) is 15.3 Å². The average molecular weight is 275 g/mol. The molecule has 1 atom stereocenters. The van der Waals surface area contributed by atoms with Crippen LogP contribution in [0.15, 0.2) is 11.3 Å². The highest BCUT2D eigenvalue weighted by Gasteiger charge is 2.49. The Morgan fingerprint density at radius 2 is 1.85 bits per heavy atom. The molecule has 1 aliphatic rings. The predicted octanol–water partition coefficient (Wildman–Crippen LogP) is 2.41. The fourth-order valence-electron chi connectivity index (χ4n) is 2.03. The van der Waals surface area contributed by atoms with E-state index in [1.807, 2.05) is 19.9 Å². The molecule has 20 heavy (non-hydrogen) atoms. The van der Waals surface area contributed by atoms with Gasteiger partial charge in [-0.05, 0) is 34.1 Å². The van der Waals surface area contributed by atoms with Gasteiger partial charge in [-0.1, -0.05) is 13.8 Å². The lowest BCUT2D eigenvalue weighted by atomic mass is 9.75. The minimum Gasteiger partial charge on any atom is -0.456 e. The van der Waals surface area contributed by atoms with Gasteiger partial charge in [0.05, 0.1) is 6.07 Å². The minimum atomic E-state index is -0.813. The Morgan fingerprint density at radius 3 is 2.20 bits per heavy atom. The largest absolute Gasteiger partial charge is 0.456 e. The minimum absolute atomic E-state index is 0.0491. The third-order valence-corrected chi connectivity index (χ3v) is 3.61. The molecule has 5 heteroatoms. The molecular weight excluding hydrogens is 254 g/mol. The van der Waals surface area contributed by atoms with E-state index in [0.29, 0.717) is 12.1 Å². The molecule has 0 saturated carbocycles. The van der Waals surface area contributed by atoms with Crippen LogP contribution >= 0.6 is 0 Å². The molecule has 0 spiro atoms. The summed E-state index contributed by atoms with van der Waals surface area (Å²) in [7, 11) is 0. The molecule has 108 valence electrons. The van der Waals surface area contributed by atoms with E-state index < -0.39 is 17.1 Å². The summed E-state index contributed by atoms with van der Waals surface area (Å²) >= 11 is 0. The number of esters is 1. The smallest absolute Gasteiger partial charge is 0.351 e. The molecule has 1 aliphatic heterocycles. The van der Waals surface area contributed by atoms with E-state index in [0.717, 1.165) is 0 Å². The number of nitrogens with one attached hydrogen (secondary N) is 1. The van der Waals surface area contributed by atoms with Gasteiger partial charge in [-0.3, -0.25) is 0 Å². The molecule has 0 bridgehead atoms. The lowest BCUT2D eigenvalue weighted by Crippen LogP contribution is -2.44. The Hall–Kier alpha value is -2.01. The molecule has 0 aromatic heterocycles. The zero-order valence-corrected chi connectivity index (χ0v) is 12.9. The van der Waals surface area contributed by atoms with Gasteiger partial charge in [-0.15, -0.1) is 0 Å².